The Hall–Kier alpha value is -4.85. The van der Waals surface area contributed by atoms with E-state index in [9.17, 15) is 9.90 Å². The van der Waals surface area contributed by atoms with Crippen molar-refractivity contribution in [2.75, 3.05) is 18.0 Å². The number of aromatic nitrogens is 3. The molecule has 0 aliphatic carbocycles. The quantitative estimate of drug-likeness (QED) is 0.259. The molecular weight excluding hydrogens is 504 g/mol. The van der Waals surface area contributed by atoms with Crippen LogP contribution < -0.4 is 14.4 Å². The third kappa shape index (κ3) is 5.33. The number of pyridine rings is 1. The fourth-order valence-corrected chi connectivity index (χ4v) is 5.09. The molecule has 3 heterocycles. The Morgan fingerprint density at radius 3 is 2.30 bits per heavy atom. The van der Waals surface area contributed by atoms with Gasteiger partial charge in [0.1, 0.15) is 18.9 Å². The molecule has 8 heteroatoms. The van der Waals surface area contributed by atoms with Crippen LogP contribution in [0.25, 0.3) is 22.2 Å². The summed E-state index contributed by atoms with van der Waals surface area (Å²) in [6.45, 7) is 1.99. The number of hydrogen-bond donors (Lipinski definition) is 1. The zero-order chi connectivity index (χ0) is 27.5. The van der Waals surface area contributed by atoms with Gasteiger partial charge in [0, 0.05) is 37.3 Å². The molecule has 0 radical (unpaired) electrons. The molecule has 8 nitrogen and oxygen atoms in total. The van der Waals surface area contributed by atoms with Gasteiger partial charge in [0.15, 0.2) is 0 Å². The predicted molar refractivity (Wildman–Crippen MR) is 153 cm³/mol. The fraction of sp³-hybridized carbons (Fsp3) is 0.219. The number of anilines is 1. The number of rotatable bonds is 9. The third-order valence-corrected chi connectivity index (χ3v) is 7.28. The van der Waals surface area contributed by atoms with Gasteiger partial charge in [0.25, 0.3) is 0 Å². The Balaban J connectivity index is 1.32. The van der Waals surface area contributed by atoms with E-state index in [1.165, 1.54) is 0 Å². The van der Waals surface area contributed by atoms with Gasteiger partial charge in [-0.3, -0.25) is 9.48 Å². The second-order valence-electron chi connectivity index (χ2n) is 9.99. The van der Waals surface area contributed by atoms with Crippen molar-refractivity contribution in [1.82, 2.24) is 14.8 Å². The summed E-state index contributed by atoms with van der Waals surface area (Å²) in [5.74, 6) is -0.156. The topological polar surface area (TPSA) is 89.7 Å². The van der Waals surface area contributed by atoms with Crippen molar-refractivity contribution < 1.29 is 19.4 Å². The molecule has 0 spiro atoms. The summed E-state index contributed by atoms with van der Waals surface area (Å²) in [7, 11) is 1.91. The van der Waals surface area contributed by atoms with Crippen LogP contribution in [-0.4, -0.2) is 38.9 Å². The summed E-state index contributed by atoms with van der Waals surface area (Å²) in [4.78, 5) is 18.3. The zero-order valence-electron chi connectivity index (χ0n) is 22.2. The summed E-state index contributed by atoms with van der Waals surface area (Å²) in [6, 6.07) is 29.9. The van der Waals surface area contributed by atoms with Crippen LogP contribution >= 0.6 is 0 Å². The number of carbonyl (C=O) groups is 1. The highest BCUT2D eigenvalue weighted by Gasteiger charge is 2.28. The highest BCUT2D eigenvalue weighted by atomic mass is 16.5. The van der Waals surface area contributed by atoms with Crippen molar-refractivity contribution in [2.24, 2.45) is 13.0 Å². The van der Waals surface area contributed by atoms with Gasteiger partial charge in [-0.05, 0) is 41.8 Å². The second kappa shape index (κ2) is 11.1. The van der Waals surface area contributed by atoms with Gasteiger partial charge in [0.05, 0.1) is 17.0 Å². The molecule has 3 aromatic carbocycles. The van der Waals surface area contributed by atoms with Crippen LogP contribution in [0.5, 0.6) is 11.8 Å². The maximum Gasteiger partial charge on any atom is 0.308 e. The van der Waals surface area contributed by atoms with E-state index < -0.39 is 5.97 Å². The lowest BCUT2D eigenvalue weighted by atomic mass is 10.1. The van der Waals surface area contributed by atoms with Crippen molar-refractivity contribution >= 4 is 22.6 Å². The monoisotopic (exact) mass is 534 g/mol. The van der Waals surface area contributed by atoms with Crippen molar-refractivity contribution in [3.05, 3.63) is 102 Å². The molecule has 40 heavy (non-hydrogen) atoms. The van der Waals surface area contributed by atoms with E-state index in [2.05, 4.69) is 11.0 Å². The maximum absolute atomic E-state index is 11.5. The molecule has 0 amide bonds. The van der Waals surface area contributed by atoms with Crippen LogP contribution in [0.3, 0.4) is 0 Å². The molecule has 1 fully saturated rings. The lowest BCUT2D eigenvalue weighted by molar-refractivity contribution is -0.140. The Bertz CT molecular complexity index is 1640. The number of nitrogens with zero attached hydrogens (tertiary/aromatic N) is 4. The number of aryl methyl sites for hydroxylation is 1. The predicted octanol–water partition coefficient (Wildman–Crippen LogP) is 5.70. The number of benzene rings is 3. The molecule has 0 unspecified atom stereocenters. The van der Waals surface area contributed by atoms with E-state index in [1.807, 2.05) is 96.7 Å². The first-order valence-corrected chi connectivity index (χ1v) is 13.3. The lowest BCUT2D eigenvalue weighted by Gasteiger charge is -2.18. The molecule has 1 atom stereocenters. The van der Waals surface area contributed by atoms with Crippen molar-refractivity contribution in [2.45, 2.75) is 19.6 Å². The highest BCUT2D eigenvalue weighted by molar-refractivity contribution is 5.96. The average molecular weight is 535 g/mol. The Labute approximate surface area is 232 Å². The van der Waals surface area contributed by atoms with Crippen molar-refractivity contribution in [3.63, 3.8) is 0 Å². The van der Waals surface area contributed by atoms with Crippen molar-refractivity contribution in [3.8, 4) is 23.0 Å². The molecule has 5 aromatic rings. The van der Waals surface area contributed by atoms with E-state index in [4.69, 9.17) is 19.6 Å². The minimum atomic E-state index is -0.738. The normalized spacial score (nSPS) is 14.9. The molecular formula is C32H30N4O4. The van der Waals surface area contributed by atoms with Crippen LogP contribution in [0.4, 0.5) is 5.69 Å². The van der Waals surface area contributed by atoms with Gasteiger partial charge in [-0.2, -0.15) is 10.1 Å². The van der Waals surface area contributed by atoms with Gasteiger partial charge in [0.2, 0.25) is 11.8 Å². The van der Waals surface area contributed by atoms with Crippen LogP contribution in [0.15, 0.2) is 91.0 Å². The van der Waals surface area contributed by atoms with Gasteiger partial charge in [-0.15, -0.1) is 0 Å². The summed E-state index contributed by atoms with van der Waals surface area (Å²) in [5.41, 5.74) is 5.57. The van der Waals surface area contributed by atoms with Crippen LogP contribution in [0.1, 0.15) is 17.5 Å². The first-order chi connectivity index (χ1) is 19.5. The minimum Gasteiger partial charge on any atom is -0.481 e. The first-order valence-electron chi connectivity index (χ1n) is 13.3. The number of aliphatic carboxylic acids is 1. The molecule has 2 aromatic heterocycles. The lowest BCUT2D eigenvalue weighted by Crippen LogP contribution is -2.22. The zero-order valence-corrected chi connectivity index (χ0v) is 22.2. The molecule has 0 saturated carbocycles. The average Bonchev–Trinajstić information content (AvgIpc) is 3.61. The highest BCUT2D eigenvalue weighted by Crippen LogP contribution is 2.37. The third-order valence-electron chi connectivity index (χ3n) is 7.28. The molecule has 1 aliphatic heterocycles. The minimum absolute atomic E-state index is 0.337. The van der Waals surface area contributed by atoms with Crippen LogP contribution in [-0.2, 0) is 25.1 Å². The molecule has 1 N–H and O–H groups in total. The second-order valence-corrected chi connectivity index (χ2v) is 9.99. The summed E-state index contributed by atoms with van der Waals surface area (Å²) >= 11 is 0. The van der Waals surface area contributed by atoms with Crippen LogP contribution in [0, 0.1) is 5.92 Å². The summed E-state index contributed by atoms with van der Waals surface area (Å²) in [5, 5.41) is 15.2. The summed E-state index contributed by atoms with van der Waals surface area (Å²) in [6.07, 6.45) is 0.649. The SMILES string of the molecule is Cn1nc(-c2ccc(OCc3ccccc3)nc2OCc2ccccc2)c2ccc(N3CC[C@@H](C(=O)O)C3)cc21. The number of carboxylic acid groups (broad SMARTS) is 1. The molecule has 202 valence electrons. The number of ether oxygens (including phenoxy) is 2. The van der Waals surface area contributed by atoms with E-state index in [-0.39, 0.29) is 5.92 Å². The van der Waals surface area contributed by atoms with E-state index >= 15 is 0 Å². The standard InChI is InChI=1S/C32H30N4O4/c1-35-28-18-25(36-17-16-24(19-36)32(37)38)12-13-26(28)30(34-35)27-14-15-29(39-20-22-8-4-2-5-9-22)33-31(27)40-21-23-10-6-3-7-11-23/h2-15,18,24H,16-17,19-21H2,1H3,(H,37,38)/t24-/m1/s1. The number of fused-ring (bicyclic) bond motifs is 1. The van der Waals surface area contributed by atoms with E-state index in [1.54, 1.807) is 0 Å². The Kier molecular flexibility index (Phi) is 7.06. The van der Waals surface area contributed by atoms with Gasteiger partial charge < -0.3 is 19.5 Å². The largest absolute Gasteiger partial charge is 0.481 e. The molecule has 1 saturated heterocycles. The van der Waals surface area contributed by atoms with Crippen LogP contribution in [0.2, 0.25) is 0 Å². The smallest absolute Gasteiger partial charge is 0.308 e. The number of hydrogen-bond acceptors (Lipinski definition) is 6. The van der Waals surface area contributed by atoms with E-state index in [0.717, 1.165) is 45.5 Å². The van der Waals surface area contributed by atoms with E-state index in [0.29, 0.717) is 37.9 Å². The fourth-order valence-electron chi connectivity index (χ4n) is 5.09. The molecule has 0 bridgehead atoms. The molecule has 6 rings (SSSR count). The Morgan fingerprint density at radius 2 is 1.62 bits per heavy atom. The van der Waals surface area contributed by atoms with Gasteiger partial charge >= 0.3 is 5.97 Å². The number of carboxylic acids is 1. The molecule has 1 aliphatic rings. The first kappa shape index (κ1) is 25.4. The van der Waals surface area contributed by atoms with Gasteiger partial charge in [-0.1, -0.05) is 60.7 Å². The van der Waals surface area contributed by atoms with Gasteiger partial charge in [-0.25, -0.2) is 0 Å². The Morgan fingerprint density at radius 1 is 0.925 bits per heavy atom. The summed E-state index contributed by atoms with van der Waals surface area (Å²) < 4.78 is 14.1. The van der Waals surface area contributed by atoms with Crippen molar-refractivity contribution in [1.29, 1.82) is 0 Å². The maximum atomic E-state index is 11.5.